The molecule has 0 aliphatic carbocycles. The van der Waals surface area contributed by atoms with E-state index < -0.39 is 5.97 Å². The van der Waals surface area contributed by atoms with Gasteiger partial charge in [0, 0.05) is 39.6 Å². The van der Waals surface area contributed by atoms with Crippen molar-refractivity contribution in [2.24, 2.45) is 11.7 Å². The third-order valence-electron chi connectivity index (χ3n) is 6.36. The normalized spacial score (nSPS) is 18.4. The summed E-state index contributed by atoms with van der Waals surface area (Å²) in [5.41, 5.74) is 5.63. The van der Waals surface area contributed by atoms with Gasteiger partial charge in [0.1, 0.15) is 0 Å². The number of rotatable bonds is 13. The lowest BCUT2D eigenvalue weighted by Gasteiger charge is -2.37. The monoisotopic (exact) mass is 586 g/mol. The first kappa shape index (κ1) is 41.0. The maximum absolute atomic E-state index is 12.8. The summed E-state index contributed by atoms with van der Waals surface area (Å²) >= 11 is 0. The number of nitrogens with two attached hydrogens (primary N) is 1. The molecule has 2 rings (SSSR count). The van der Waals surface area contributed by atoms with Crippen LogP contribution in [0.1, 0.15) is 93.4 Å². The fourth-order valence-electron chi connectivity index (χ4n) is 4.24. The number of hydroxylamine groups is 2. The van der Waals surface area contributed by atoms with Gasteiger partial charge in [0.25, 0.3) is 5.97 Å². The van der Waals surface area contributed by atoms with Crippen LogP contribution in [0.3, 0.4) is 0 Å². The van der Waals surface area contributed by atoms with Gasteiger partial charge in [-0.25, -0.2) is 0 Å². The lowest BCUT2D eigenvalue weighted by Crippen LogP contribution is -2.48. The van der Waals surface area contributed by atoms with Gasteiger partial charge >= 0.3 is 0 Å². The number of carbonyl (C=O) groups excluding carboxylic acids is 1. The summed E-state index contributed by atoms with van der Waals surface area (Å²) in [5, 5.41) is 9.28. The summed E-state index contributed by atoms with van der Waals surface area (Å²) in [6, 6.07) is 0.489. The zero-order chi connectivity index (χ0) is 31.6. The summed E-state index contributed by atoms with van der Waals surface area (Å²) in [7, 11) is 3.66. The molecule has 2 fully saturated rings. The van der Waals surface area contributed by atoms with Crippen molar-refractivity contribution in [1.29, 1.82) is 0 Å². The molecule has 0 bridgehead atoms. The number of nitrogens with zero attached hydrogens (tertiary/aromatic N) is 3. The van der Waals surface area contributed by atoms with E-state index in [9.17, 15) is 4.79 Å². The number of piperidine rings is 1. The zero-order valence-electron chi connectivity index (χ0n) is 27.6. The van der Waals surface area contributed by atoms with Crippen molar-refractivity contribution in [1.82, 2.24) is 14.9 Å². The van der Waals surface area contributed by atoms with Crippen molar-refractivity contribution >= 4 is 11.9 Å². The Morgan fingerprint density at radius 1 is 1.15 bits per heavy atom. The largest absolute Gasteiger partial charge is 0.481 e. The Balaban J connectivity index is 0. The smallest absolute Gasteiger partial charge is 0.300 e. The predicted octanol–water partition coefficient (Wildman–Crippen LogP) is 5.25. The highest BCUT2D eigenvalue weighted by Crippen LogP contribution is 2.22. The Morgan fingerprint density at radius 3 is 2.29 bits per heavy atom. The molecule has 0 radical (unpaired) electrons. The molecule has 10 nitrogen and oxygen atoms in total. The lowest BCUT2D eigenvalue weighted by atomic mass is 9.99. The molecule has 242 valence electrons. The van der Waals surface area contributed by atoms with Gasteiger partial charge in [0.2, 0.25) is 12.7 Å². The molecule has 2 aliphatic heterocycles. The molecule has 1 atom stereocenters. The van der Waals surface area contributed by atoms with E-state index in [1.165, 1.54) is 19.3 Å². The Morgan fingerprint density at radius 2 is 1.76 bits per heavy atom. The van der Waals surface area contributed by atoms with E-state index in [1.54, 1.807) is 7.11 Å². The van der Waals surface area contributed by atoms with Crippen LogP contribution < -0.4 is 5.73 Å². The number of unbranched alkanes of at least 4 members (excludes halogenated alkanes) is 1. The first-order valence-corrected chi connectivity index (χ1v) is 15.4. The summed E-state index contributed by atoms with van der Waals surface area (Å²) in [4.78, 5) is 31.4. The van der Waals surface area contributed by atoms with Crippen LogP contribution >= 0.6 is 0 Å². The van der Waals surface area contributed by atoms with Gasteiger partial charge in [-0.3, -0.25) is 14.5 Å². The van der Waals surface area contributed by atoms with E-state index in [2.05, 4.69) is 31.7 Å². The Hall–Kier alpha value is -2.14. The molecule has 10 heteroatoms. The Kier molecular flexibility index (Phi) is 26.7. The number of carboxylic acids is 1. The highest BCUT2D eigenvalue weighted by atomic mass is 16.7. The average Bonchev–Trinajstić information content (AvgIpc) is 3.40. The summed E-state index contributed by atoms with van der Waals surface area (Å²) in [6.45, 7) is 18.6. The van der Waals surface area contributed by atoms with Crippen molar-refractivity contribution in [3.05, 3.63) is 23.7 Å². The van der Waals surface area contributed by atoms with Crippen molar-refractivity contribution in [2.75, 3.05) is 60.2 Å². The maximum atomic E-state index is 12.8. The molecule has 0 aromatic carbocycles. The van der Waals surface area contributed by atoms with E-state index in [0.29, 0.717) is 31.8 Å². The standard InChI is InChI=1S/C18H38N4O2.C9H14O2.C2H4O2.C2H6/c1-4-5-12-21(14-8-11-19)18(23)16-22-13-7-6-9-17(22)10-15-20(2)24-3;1-4-8-9(5-7(2)3)11-6-10-8;1-2(3)4;1-2/h17H,4-16,19H2,1-3H3;4-5,7H,6H2,1-3H3;1H3,(H,3,4);1-2H3/b;8-4+,9-5+;;/t17-;;;/m1.../s1. The summed E-state index contributed by atoms with van der Waals surface area (Å²) < 4.78 is 10.4. The van der Waals surface area contributed by atoms with E-state index in [0.717, 1.165) is 70.3 Å². The Labute approximate surface area is 250 Å². The van der Waals surface area contributed by atoms with Gasteiger partial charge in [-0.15, -0.1) is 0 Å². The number of carbonyl (C=O) groups is 2. The van der Waals surface area contributed by atoms with Crippen molar-refractivity contribution < 1.29 is 29.0 Å². The fraction of sp³-hybridized carbons (Fsp3) is 0.806. The SMILES string of the molecule is C/C=C1/OCO/C1=C/C(C)C.CC.CC(=O)O.CCCCN(CCCN)C(=O)CN1CCCC[C@@H]1CCN(C)OC. The molecule has 0 aromatic heterocycles. The minimum atomic E-state index is -0.833. The highest BCUT2D eigenvalue weighted by Gasteiger charge is 2.26. The second kappa shape index (κ2) is 26.7. The fourth-order valence-corrected chi connectivity index (χ4v) is 4.24. The van der Waals surface area contributed by atoms with Gasteiger partial charge in [-0.2, -0.15) is 5.06 Å². The number of allylic oxidation sites excluding steroid dienone is 2. The molecule has 2 saturated heterocycles. The van der Waals surface area contributed by atoms with E-state index in [4.69, 9.17) is 29.9 Å². The molecule has 41 heavy (non-hydrogen) atoms. The Bertz CT molecular complexity index is 717. The molecule has 0 aromatic rings. The number of hydrogen-bond acceptors (Lipinski definition) is 8. The minimum Gasteiger partial charge on any atom is -0.481 e. The van der Waals surface area contributed by atoms with Crippen LogP contribution in [0.15, 0.2) is 23.7 Å². The molecule has 2 heterocycles. The number of likely N-dealkylation sites (tertiary alicyclic amines) is 1. The van der Waals surface area contributed by atoms with Crippen LogP contribution in [0, 0.1) is 5.92 Å². The minimum absolute atomic E-state index is 0.267. The zero-order valence-corrected chi connectivity index (χ0v) is 27.6. The molecule has 0 unspecified atom stereocenters. The molecule has 0 saturated carbocycles. The van der Waals surface area contributed by atoms with Crippen LogP contribution in [-0.2, 0) is 23.9 Å². The van der Waals surface area contributed by atoms with E-state index >= 15 is 0 Å². The topological polar surface area (TPSA) is 118 Å². The quantitative estimate of drug-likeness (QED) is 0.279. The third-order valence-corrected chi connectivity index (χ3v) is 6.36. The van der Waals surface area contributed by atoms with Crippen LogP contribution in [0.4, 0.5) is 0 Å². The molecule has 3 N–H and O–H groups in total. The second-order valence-corrected chi connectivity index (χ2v) is 10.2. The van der Waals surface area contributed by atoms with Gasteiger partial charge in [-0.05, 0) is 70.2 Å². The van der Waals surface area contributed by atoms with Crippen LogP contribution in [0.2, 0.25) is 0 Å². The molecular formula is C31H62N4O6. The van der Waals surface area contributed by atoms with Crippen LogP contribution in [-0.4, -0.2) is 98.1 Å². The maximum Gasteiger partial charge on any atom is 0.300 e. The number of ether oxygens (including phenoxy) is 2. The summed E-state index contributed by atoms with van der Waals surface area (Å²) in [6.07, 6.45) is 11.7. The third kappa shape index (κ3) is 21.3. The number of hydrogen-bond donors (Lipinski definition) is 2. The van der Waals surface area contributed by atoms with Crippen molar-refractivity contribution in [3.8, 4) is 0 Å². The van der Waals surface area contributed by atoms with Gasteiger partial charge in [-0.1, -0.05) is 47.5 Å². The lowest BCUT2D eigenvalue weighted by molar-refractivity contribution is -0.135. The molecule has 0 spiro atoms. The average molecular weight is 587 g/mol. The highest BCUT2D eigenvalue weighted by molar-refractivity contribution is 5.78. The first-order valence-electron chi connectivity index (χ1n) is 15.4. The van der Waals surface area contributed by atoms with E-state index in [1.807, 2.05) is 43.9 Å². The van der Waals surface area contributed by atoms with Gasteiger partial charge in [0.05, 0.1) is 13.7 Å². The molecular weight excluding hydrogens is 524 g/mol. The van der Waals surface area contributed by atoms with Gasteiger partial charge < -0.3 is 30.1 Å². The number of aliphatic carboxylic acids is 1. The van der Waals surface area contributed by atoms with Crippen LogP contribution in [0.5, 0.6) is 0 Å². The summed E-state index contributed by atoms with van der Waals surface area (Å²) in [5.74, 6) is 1.67. The predicted molar refractivity (Wildman–Crippen MR) is 167 cm³/mol. The van der Waals surface area contributed by atoms with Crippen molar-refractivity contribution in [3.63, 3.8) is 0 Å². The second-order valence-electron chi connectivity index (χ2n) is 10.2. The van der Waals surface area contributed by atoms with E-state index in [-0.39, 0.29) is 5.91 Å². The molecule has 2 aliphatic rings. The number of amides is 1. The number of carboxylic acid groups (broad SMARTS) is 1. The first-order chi connectivity index (χ1) is 19.6. The molecule has 1 amide bonds. The van der Waals surface area contributed by atoms with Crippen LogP contribution in [0.25, 0.3) is 0 Å². The van der Waals surface area contributed by atoms with Gasteiger partial charge in [0.15, 0.2) is 11.5 Å². The van der Waals surface area contributed by atoms with Crippen molar-refractivity contribution in [2.45, 2.75) is 99.5 Å².